The molecule has 2 aromatic heterocycles. The molecular weight excluding hydrogens is 392 g/mol. The summed E-state index contributed by atoms with van der Waals surface area (Å²) in [7, 11) is 0. The molecule has 0 fully saturated rings. The molecule has 0 saturated heterocycles. The average molecular weight is 425 g/mol. The van der Waals surface area contributed by atoms with E-state index in [9.17, 15) is 9.59 Å². The monoisotopic (exact) mass is 424 g/mol. The first-order valence-electron chi connectivity index (χ1n) is 10.9. The number of furan rings is 1. The largest absolute Gasteiger partial charge is 0.442 e. The molecule has 7 heteroatoms. The Morgan fingerprint density at radius 2 is 2.00 bits per heavy atom. The molecule has 3 rings (SSSR count). The molecule has 3 aromatic rings. The normalized spacial score (nSPS) is 11.5. The molecule has 0 aliphatic heterocycles. The van der Waals surface area contributed by atoms with Crippen LogP contribution in [0.1, 0.15) is 48.9 Å². The molecule has 0 aliphatic carbocycles. The maximum absolute atomic E-state index is 12.9. The van der Waals surface area contributed by atoms with E-state index in [2.05, 4.69) is 34.3 Å². The predicted octanol–water partition coefficient (Wildman–Crippen LogP) is 3.60. The lowest BCUT2D eigenvalue weighted by molar-refractivity contribution is 0.0951. The van der Waals surface area contributed by atoms with E-state index >= 15 is 0 Å². The van der Waals surface area contributed by atoms with Gasteiger partial charge in [-0.25, -0.2) is 4.98 Å². The van der Waals surface area contributed by atoms with Gasteiger partial charge in [-0.1, -0.05) is 51.1 Å². The molecule has 1 amide bonds. The molecule has 0 unspecified atom stereocenters. The zero-order valence-corrected chi connectivity index (χ0v) is 18.9. The standard InChI is InChI=1S/C24H32N4O3/c1-5-27(15-19-10-7-6-8-11-19)13-9-12-25-22(29)20-18(4)31-23-21(20)24(30)28(16-26-23)14-17(2)3/h6-8,10-11,16-17H,5,9,12-15H2,1-4H3,(H,25,29). The van der Waals surface area contributed by atoms with Gasteiger partial charge in [0.1, 0.15) is 17.5 Å². The van der Waals surface area contributed by atoms with Crippen molar-refractivity contribution >= 4 is 17.0 Å². The zero-order chi connectivity index (χ0) is 22.4. The fraction of sp³-hybridized carbons (Fsp3) is 0.458. The number of amides is 1. The summed E-state index contributed by atoms with van der Waals surface area (Å²) >= 11 is 0. The van der Waals surface area contributed by atoms with Crippen molar-refractivity contribution in [3.05, 3.63) is 63.9 Å². The molecule has 1 N–H and O–H groups in total. The van der Waals surface area contributed by atoms with E-state index in [1.54, 1.807) is 11.5 Å². The van der Waals surface area contributed by atoms with Gasteiger partial charge in [0.2, 0.25) is 5.71 Å². The fourth-order valence-electron chi connectivity index (χ4n) is 3.72. The minimum Gasteiger partial charge on any atom is -0.442 e. The molecule has 166 valence electrons. The van der Waals surface area contributed by atoms with Crippen molar-refractivity contribution in [1.82, 2.24) is 19.8 Å². The zero-order valence-electron chi connectivity index (χ0n) is 18.9. The lowest BCUT2D eigenvalue weighted by Gasteiger charge is -2.20. The molecule has 7 nitrogen and oxygen atoms in total. The SMILES string of the molecule is CCN(CCCNC(=O)c1c(C)oc2ncn(CC(C)C)c(=O)c12)Cc1ccccc1. The Bertz CT molecular complexity index is 1070. The van der Waals surface area contributed by atoms with Crippen molar-refractivity contribution in [2.75, 3.05) is 19.6 Å². The highest BCUT2D eigenvalue weighted by molar-refractivity contribution is 6.06. The lowest BCUT2D eigenvalue weighted by atomic mass is 10.1. The van der Waals surface area contributed by atoms with Gasteiger partial charge in [-0.2, -0.15) is 0 Å². The van der Waals surface area contributed by atoms with Crippen molar-refractivity contribution in [2.45, 2.75) is 47.2 Å². The van der Waals surface area contributed by atoms with Gasteiger partial charge in [0.05, 0.1) is 5.56 Å². The molecule has 31 heavy (non-hydrogen) atoms. The Morgan fingerprint density at radius 3 is 2.68 bits per heavy atom. The molecular formula is C24H32N4O3. The number of hydrogen-bond donors (Lipinski definition) is 1. The van der Waals surface area contributed by atoms with Crippen LogP contribution in [0.2, 0.25) is 0 Å². The van der Waals surface area contributed by atoms with Gasteiger partial charge in [0.15, 0.2) is 0 Å². The smallest absolute Gasteiger partial charge is 0.265 e. The van der Waals surface area contributed by atoms with Gasteiger partial charge >= 0.3 is 0 Å². The quantitative estimate of drug-likeness (QED) is 0.503. The first kappa shape index (κ1) is 22.7. The number of benzene rings is 1. The number of aromatic nitrogens is 2. The van der Waals surface area contributed by atoms with E-state index in [-0.39, 0.29) is 22.6 Å². The summed E-state index contributed by atoms with van der Waals surface area (Å²) in [6.07, 6.45) is 2.30. The van der Waals surface area contributed by atoms with Crippen LogP contribution in [0.3, 0.4) is 0 Å². The minimum absolute atomic E-state index is 0.215. The number of carbonyl (C=O) groups is 1. The van der Waals surface area contributed by atoms with Crippen molar-refractivity contribution in [3.8, 4) is 0 Å². The highest BCUT2D eigenvalue weighted by Gasteiger charge is 2.22. The third-order valence-electron chi connectivity index (χ3n) is 5.28. The maximum Gasteiger partial charge on any atom is 0.265 e. The van der Waals surface area contributed by atoms with Gasteiger partial charge in [-0.15, -0.1) is 0 Å². The Hall–Kier alpha value is -2.93. The maximum atomic E-state index is 12.9. The molecule has 0 aliphatic rings. The second kappa shape index (κ2) is 10.4. The number of nitrogens with one attached hydrogen (secondary N) is 1. The second-order valence-electron chi connectivity index (χ2n) is 8.27. The third-order valence-corrected chi connectivity index (χ3v) is 5.28. The molecule has 0 radical (unpaired) electrons. The summed E-state index contributed by atoms with van der Waals surface area (Å²) in [6.45, 7) is 11.7. The van der Waals surface area contributed by atoms with E-state index in [0.29, 0.717) is 30.3 Å². The summed E-state index contributed by atoms with van der Waals surface area (Å²) in [4.78, 5) is 32.4. The van der Waals surface area contributed by atoms with Gasteiger partial charge < -0.3 is 9.73 Å². The minimum atomic E-state index is -0.288. The summed E-state index contributed by atoms with van der Waals surface area (Å²) in [5.41, 5.74) is 1.55. The number of nitrogens with zero attached hydrogens (tertiary/aromatic N) is 3. The number of aryl methyl sites for hydroxylation is 1. The van der Waals surface area contributed by atoms with Gasteiger partial charge in [0.25, 0.3) is 11.5 Å². The van der Waals surface area contributed by atoms with E-state index in [1.807, 2.05) is 32.0 Å². The second-order valence-corrected chi connectivity index (χ2v) is 8.27. The third kappa shape index (κ3) is 5.61. The van der Waals surface area contributed by atoms with Crippen LogP contribution in [0.5, 0.6) is 0 Å². The molecule has 2 heterocycles. The van der Waals surface area contributed by atoms with Crippen LogP contribution in [0.4, 0.5) is 0 Å². The number of fused-ring (bicyclic) bond motifs is 1. The Labute approximate surface area is 183 Å². The van der Waals surface area contributed by atoms with Crippen molar-refractivity contribution < 1.29 is 9.21 Å². The van der Waals surface area contributed by atoms with E-state index < -0.39 is 0 Å². The van der Waals surface area contributed by atoms with Crippen LogP contribution in [0.15, 0.2) is 45.9 Å². The van der Waals surface area contributed by atoms with Crippen LogP contribution in [-0.4, -0.2) is 40.0 Å². The van der Waals surface area contributed by atoms with E-state index in [4.69, 9.17) is 4.42 Å². The first-order valence-corrected chi connectivity index (χ1v) is 10.9. The highest BCUT2D eigenvalue weighted by Crippen LogP contribution is 2.21. The van der Waals surface area contributed by atoms with Crippen molar-refractivity contribution in [2.24, 2.45) is 5.92 Å². The van der Waals surface area contributed by atoms with E-state index in [1.165, 1.54) is 11.9 Å². The number of hydrogen-bond acceptors (Lipinski definition) is 5. The van der Waals surface area contributed by atoms with Crippen LogP contribution >= 0.6 is 0 Å². The molecule has 0 spiro atoms. The molecule has 0 bridgehead atoms. The Kier molecular flexibility index (Phi) is 7.63. The molecule has 0 saturated carbocycles. The average Bonchev–Trinajstić information content (AvgIpc) is 3.09. The predicted molar refractivity (Wildman–Crippen MR) is 122 cm³/mol. The van der Waals surface area contributed by atoms with Crippen molar-refractivity contribution in [1.29, 1.82) is 0 Å². The summed E-state index contributed by atoms with van der Waals surface area (Å²) in [6, 6.07) is 10.4. The Balaban J connectivity index is 1.63. The summed E-state index contributed by atoms with van der Waals surface area (Å²) in [5.74, 6) is 0.418. The van der Waals surface area contributed by atoms with Gasteiger partial charge in [-0.3, -0.25) is 19.1 Å². The van der Waals surface area contributed by atoms with Gasteiger partial charge in [-0.05, 0) is 31.4 Å². The first-order chi connectivity index (χ1) is 14.9. The summed E-state index contributed by atoms with van der Waals surface area (Å²) in [5, 5.41) is 3.21. The molecule has 1 aromatic carbocycles. The fourth-order valence-corrected chi connectivity index (χ4v) is 3.72. The number of carbonyl (C=O) groups excluding carboxylic acids is 1. The summed E-state index contributed by atoms with van der Waals surface area (Å²) < 4.78 is 7.14. The van der Waals surface area contributed by atoms with Crippen LogP contribution in [0.25, 0.3) is 11.1 Å². The lowest BCUT2D eigenvalue weighted by Crippen LogP contribution is -2.31. The Morgan fingerprint density at radius 1 is 1.26 bits per heavy atom. The van der Waals surface area contributed by atoms with Crippen LogP contribution in [-0.2, 0) is 13.1 Å². The highest BCUT2D eigenvalue weighted by atomic mass is 16.3. The van der Waals surface area contributed by atoms with Crippen LogP contribution in [0, 0.1) is 12.8 Å². The van der Waals surface area contributed by atoms with E-state index in [0.717, 1.165) is 26.1 Å². The topological polar surface area (TPSA) is 80.4 Å². The number of rotatable bonds is 10. The van der Waals surface area contributed by atoms with Crippen molar-refractivity contribution in [3.63, 3.8) is 0 Å². The van der Waals surface area contributed by atoms with Crippen LogP contribution < -0.4 is 10.9 Å². The van der Waals surface area contributed by atoms with Gasteiger partial charge in [0, 0.05) is 26.2 Å². The molecule has 0 atom stereocenters.